The van der Waals surface area contributed by atoms with Crippen LogP contribution in [0.5, 0.6) is 0 Å². The first-order valence-corrected chi connectivity index (χ1v) is 10.6. The van der Waals surface area contributed by atoms with Gasteiger partial charge in [0.2, 0.25) is 0 Å². The Morgan fingerprint density at radius 1 is 0.632 bits per heavy atom. The van der Waals surface area contributed by atoms with Crippen LogP contribution in [0, 0.1) is 34.0 Å². The fourth-order valence-corrected chi connectivity index (χ4v) is 7.38. The lowest BCUT2D eigenvalue weighted by Crippen LogP contribution is -2.02. The fraction of sp³-hybridized carbons (Fsp3) is 0.786. The molecule has 104 valence electrons. The van der Waals surface area contributed by atoms with Gasteiger partial charge in [0.25, 0.3) is 0 Å². The molecule has 0 aliphatic heterocycles. The van der Waals surface area contributed by atoms with Crippen molar-refractivity contribution in [1.82, 2.24) is 0 Å². The molecule has 0 aromatic carbocycles. The number of nitrogens with zero attached hydrogens (tertiary/aromatic N) is 3. The third kappa shape index (κ3) is 10.9. The minimum atomic E-state index is -0.142. The molecule has 3 nitrogen and oxygen atoms in total. The van der Waals surface area contributed by atoms with Gasteiger partial charge < -0.3 is 0 Å². The van der Waals surface area contributed by atoms with E-state index < -0.39 is 0 Å². The van der Waals surface area contributed by atoms with E-state index in [1.54, 1.807) is 0 Å². The minimum Gasteiger partial charge on any atom is -0.198 e. The zero-order valence-corrected chi connectivity index (χ0v) is 13.6. The van der Waals surface area contributed by atoms with Gasteiger partial charge in [0.05, 0.1) is 18.2 Å². The maximum absolute atomic E-state index is 8.69. The summed E-state index contributed by atoms with van der Waals surface area (Å²) in [4.78, 5) is 0. The number of hydrogen-bond donors (Lipinski definition) is 0. The number of hydrogen-bond acceptors (Lipinski definition) is 3. The van der Waals surface area contributed by atoms with Gasteiger partial charge in [0.1, 0.15) is 0 Å². The first-order valence-electron chi connectivity index (χ1n) is 6.84. The smallest absolute Gasteiger partial charge is 0.0625 e. The molecular weight excluding hydrogens is 272 g/mol. The molecule has 0 aliphatic rings. The van der Waals surface area contributed by atoms with Crippen molar-refractivity contribution in [1.29, 1.82) is 15.8 Å². The van der Waals surface area contributed by atoms with E-state index in [1.165, 1.54) is 24.9 Å². The number of nitriles is 3. The van der Waals surface area contributed by atoms with Gasteiger partial charge in [-0.2, -0.15) is 15.8 Å². The molecule has 0 saturated heterocycles. The van der Waals surface area contributed by atoms with Crippen molar-refractivity contribution in [3.63, 3.8) is 0 Å². The predicted molar refractivity (Wildman–Crippen MR) is 84.0 cm³/mol. The summed E-state index contributed by atoms with van der Waals surface area (Å²) in [5.41, 5.74) is 0. The summed E-state index contributed by atoms with van der Waals surface area (Å²) in [5, 5.41) is 26.0. The highest BCUT2D eigenvalue weighted by Crippen LogP contribution is 2.44. The molecule has 0 fully saturated rings. The summed E-state index contributed by atoms with van der Waals surface area (Å²) in [6.07, 6.45) is 9.86. The van der Waals surface area contributed by atoms with Crippen molar-refractivity contribution < 1.29 is 0 Å². The van der Waals surface area contributed by atoms with Crippen molar-refractivity contribution in [3.8, 4) is 18.2 Å². The van der Waals surface area contributed by atoms with Gasteiger partial charge in [0, 0.05) is 19.3 Å². The van der Waals surface area contributed by atoms with Crippen LogP contribution in [-0.4, -0.2) is 37.0 Å². The van der Waals surface area contributed by atoms with Crippen LogP contribution in [0.3, 0.4) is 0 Å². The third-order valence-electron chi connectivity index (χ3n) is 2.89. The molecule has 5 heteroatoms. The molecular formula is C14H23N3P2. The average Bonchev–Trinajstić information content (AvgIpc) is 2.43. The van der Waals surface area contributed by atoms with Crippen molar-refractivity contribution >= 4 is 15.8 Å². The second-order valence-corrected chi connectivity index (χ2v) is 9.77. The van der Waals surface area contributed by atoms with Crippen molar-refractivity contribution in [2.45, 2.75) is 32.6 Å². The first kappa shape index (κ1) is 18.3. The van der Waals surface area contributed by atoms with Crippen LogP contribution in [0.2, 0.25) is 0 Å². The van der Waals surface area contributed by atoms with E-state index in [4.69, 9.17) is 15.8 Å². The highest BCUT2D eigenvalue weighted by Gasteiger charge is 2.12. The van der Waals surface area contributed by atoms with Gasteiger partial charge in [0.15, 0.2) is 0 Å². The molecule has 1 atom stereocenters. The van der Waals surface area contributed by atoms with Gasteiger partial charge >= 0.3 is 0 Å². The Bertz CT molecular complexity index is 320. The van der Waals surface area contributed by atoms with Crippen LogP contribution >= 0.6 is 15.8 Å². The monoisotopic (exact) mass is 295 g/mol. The number of rotatable bonds is 11. The summed E-state index contributed by atoms with van der Waals surface area (Å²) >= 11 is 0. The molecule has 0 rings (SSSR count). The normalized spacial score (nSPS) is 11.5. The summed E-state index contributed by atoms with van der Waals surface area (Å²) in [6.45, 7) is 2.20. The molecule has 0 aromatic heterocycles. The standard InChI is InChI=1S/C14H23N3P2/c1-2-9-18(10-3-6-15)13-14-19(11-4-7-16)12-5-8-17/h2-5,9-14H2,1H3. The van der Waals surface area contributed by atoms with E-state index in [1.807, 2.05) is 0 Å². The second kappa shape index (κ2) is 13.8. The minimum absolute atomic E-state index is 0.00125. The lowest BCUT2D eigenvalue weighted by atomic mass is 10.5. The molecule has 19 heavy (non-hydrogen) atoms. The molecule has 0 saturated carbocycles. The molecule has 1 unspecified atom stereocenters. The lowest BCUT2D eigenvalue weighted by Gasteiger charge is -2.20. The zero-order chi connectivity index (χ0) is 14.3. The van der Waals surface area contributed by atoms with Crippen LogP contribution < -0.4 is 0 Å². The molecule has 0 aliphatic carbocycles. The highest BCUT2D eigenvalue weighted by molar-refractivity contribution is 7.61. The van der Waals surface area contributed by atoms with Gasteiger partial charge in [-0.15, -0.1) is 15.8 Å². The first-order chi connectivity index (χ1) is 9.28. The third-order valence-corrected chi connectivity index (χ3v) is 8.60. The van der Waals surface area contributed by atoms with E-state index in [0.29, 0.717) is 19.3 Å². The quantitative estimate of drug-likeness (QED) is 0.539. The topological polar surface area (TPSA) is 71.4 Å². The Hall–Kier alpha value is -0.670. The summed E-state index contributed by atoms with van der Waals surface area (Å²) < 4.78 is 0. The zero-order valence-electron chi connectivity index (χ0n) is 11.8. The predicted octanol–water partition coefficient (Wildman–Crippen LogP) is 4.10. The highest BCUT2D eigenvalue weighted by atomic mass is 31.1. The maximum atomic E-state index is 8.69. The van der Waals surface area contributed by atoms with E-state index in [0.717, 1.165) is 18.5 Å². The van der Waals surface area contributed by atoms with Crippen LogP contribution in [0.15, 0.2) is 0 Å². The SMILES string of the molecule is CCCP(CCC#N)CCP(CCC#N)CCC#N. The Labute approximate surface area is 120 Å². The van der Waals surface area contributed by atoms with Gasteiger partial charge in [-0.3, -0.25) is 0 Å². The van der Waals surface area contributed by atoms with Gasteiger partial charge in [-0.25, -0.2) is 0 Å². The summed E-state index contributed by atoms with van der Waals surface area (Å²) in [7, 11) is -0.144. The maximum Gasteiger partial charge on any atom is 0.0625 e. The molecule has 0 heterocycles. The Kier molecular flexibility index (Phi) is 13.3. The second-order valence-electron chi connectivity index (χ2n) is 4.41. The van der Waals surface area contributed by atoms with E-state index in [9.17, 15) is 0 Å². The molecule has 0 aromatic rings. The fourth-order valence-electron chi connectivity index (χ4n) is 1.89. The largest absolute Gasteiger partial charge is 0.198 e. The van der Waals surface area contributed by atoms with Crippen LogP contribution in [-0.2, 0) is 0 Å². The summed E-state index contributed by atoms with van der Waals surface area (Å²) in [5.74, 6) is 0. The van der Waals surface area contributed by atoms with Gasteiger partial charge in [-0.1, -0.05) is 13.3 Å². The van der Waals surface area contributed by atoms with Gasteiger partial charge in [-0.05, 0) is 37.0 Å². The van der Waals surface area contributed by atoms with Crippen molar-refractivity contribution in [2.24, 2.45) is 0 Å². The molecule has 0 radical (unpaired) electrons. The van der Waals surface area contributed by atoms with E-state index in [2.05, 4.69) is 25.1 Å². The molecule has 0 bridgehead atoms. The van der Waals surface area contributed by atoms with E-state index in [-0.39, 0.29) is 15.8 Å². The Morgan fingerprint density at radius 3 is 1.32 bits per heavy atom. The van der Waals surface area contributed by atoms with E-state index >= 15 is 0 Å². The van der Waals surface area contributed by atoms with Crippen molar-refractivity contribution in [2.75, 3.05) is 37.0 Å². The Morgan fingerprint density at radius 2 is 1.00 bits per heavy atom. The molecule has 0 spiro atoms. The molecule has 0 amide bonds. The van der Waals surface area contributed by atoms with Crippen LogP contribution in [0.25, 0.3) is 0 Å². The van der Waals surface area contributed by atoms with Crippen LogP contribution in [0.4, 0.5) is 0 Å². The molecule has 0 N–H and O–H groups in total. The Balaban J connectivity index is 4.12. The van der Waals surface area contributed by atoms with Crippen molar-refractivity contribution in [3.05, 3.63) is 0 Å². The van der Waals surface area contributed by atoms with Crippen LogP contribution in [0.1, 0.15) is 32.6 Å². The average molecular weight is 295 g/mol. The lowest BCUT2D eigenvalue weighted by molar-refractivity contribution is 1.08. The summed E-state index contributed by atoms with van der Waals surface area (Å²) in [6, 6.07) is 6.68.